The molecule has 2 rings (SSSR count). The van der Waals surface area contributed by atoms with Gasteiger partial charge >= 0.3 is 5.97 Å². The van der Waals surface area contributed by atoms with Crippen molar-refractivity contribution in [2.45, 2.75) is 23.5 Å². The topological polar surface area (TPSA) is 86.7 Å². The van der Waals surface area contributed by atoms with E-state index in [1.54, 1.807) is 5.01 Å². The zero-order valence-corrected chi connectivity index (χ0v) is 11.3. The van der Waals surface area contributed by atoms with Crippen LogP contribution < -0.4 is 4.83 Å². The molecule has 1 aromatic heterocycles. The monoisotopic (exact) mass is 290 g/mol. The van der Waals surface area contributed by atoms with Gasteiger partial charge in [0.2, 0.25) is 0 Å². The number of nitrogens with one attached hydrogen (secondary N) is 1. The molecule has 0 unspecified atom stereocenters. The number of hydrogen-bond donors (Lipinski definition) is 2. The molecule has 1 fully saturated rings. The molecule has 2 N–H and O–H groups in total. The number of thiophene rings is 1. The maximum Gasteiger partial charge on any atom is 0.345 e. The summed E-state index contributed by atoms with van der Waals surface area (Å²) in [5, 5.41) is 10.4. The molecule has 0 saturated carbocycles. The lowest BCUT2D eigenvalue weighted by atomic mass is 10.2. The number of hydrogen-bond acceptors (Lipinski definition) is 5. The van der Waals surface area contributed by atoms with Gasteiger partial charge in [-0.3, -0.25) is 0 Å². The van der Waals surface area contributed by atoms with Crippen LogP contribution in [0.15, 0.2) is 16.3 Å². The van der Waals surface area contributed by atoms with Crippen LogP contribution in [-0.4, -0.2) is 37.6 Å². The van der Waals surface area contributed by atoms with Crippen molar-refractivity contribution in [2.24, 2.45) is 0 Å². The smallest absolute Gasteiger partial charge is 0.345 e. The third-order valence-corrected chi connectivity index (χ3v) is 5.60. The van der Waals surface area contributed by atoms with Crippen molar-refractivity contribution in [3.8, 4) is 0 Å². The van der Waals surface area contributed by atoms with Gasteiger partial charge in [-0.15, -0.1) is 16.2 Å². The van der Waals surface area contributed by atoms with E-state index in [-0.39, 0.29) is 9.09 Å². The van der Waals surface area contributed by atoms with Crippen LogP contribution in [0.4, 0.5) is 0 Å². The molecule has 0 aromatic carbocycles. The molecule has 6 nitrogen and oxygen atoms in total. The molecule has 0 bridgehead atoms. The second-order valence-corrected chi connectivity index (χ2v) is 7.04. The molecule has 0 radical (unpaired) electrons. The maximum absolute atomic E-state index is 12.0. The van der Waals surface area contributed by atoms with Crippen LogP contribution >= 0.6 is 11.3 Å². The summed E-state index contributed by atoms with van der Waals surface area (Å²) in [6, 6.07) is 2.62. The third-order valence-electron chi connectivity index (χ3n) is 2.66. The van der Waals surface area contributed by atoms with Crippen molar-refractivity contribution in [2.75, 3.05) is 13.1 Å². The zero-order valence-electron chi connectivity index (χ0n) is 9.63. The fraction of sp³-hybridized carbons (Fsp3) is 0.500. The van der Waals surface area contributed by atoms with Crippen molar-refractivity contribution in [3.63, 3.8) is 0 Å². The lowest BCUT2D eigenvalue weighted by molar-refractivity contribution is 0.0702. The van der Waals surface area contributed by atoms with Gasteiger partial charge in [0.05, 0.1) is 0 Å². The lowest BCUT2D eigenvalue weighted by Crippen LogP contribution is -2.44. The summed E-state index contributed by atoms with van der Waals surface area (Å²) in [5.74, 6) is -1.11. The molecule has 18 heavy (non-hydrogen) atoms. The number of carboxylic acid groups (broad SMARTS) is 1. The van der Waals surface area contributed by atoms with Crippen molar-refractivity contribution in [1.82, 2.24) is 9.84 Å². The number of nitrogens with zero attached hydrogens (tertiary/aromatic N) is 1. The number of rotatable bonds is 4. The van der Waals surface area contributed by atoms with E-state index in [4.69, 9.17) is 5.11 Å². The summed E-state index contributed by atoms with van der Waals surface area (Å²) in [4.78, 5) is 13.2. The highest BCUT2D eigenvalue weighted by Crippen LogP contribution is 2.22. The van der Waals surface area contributed by atoms with Gasteiger partial charge in [0.1, 0.15) is 9.09 Å². The first-order valence-corrected chi connectivity index (χ1v) is 7.89. The minimum Gasteiger partial charge on any atom is -0.477 e. The number of carboxylic acids is 1. The summed E-state index contributed by atoms with van der Waals surface area (Å²) in [5.41, 5.74) is 0. The van der Waals surface area contributed by atoms with Gasteiger partial charge < -0.3 is 5.11 Å². The quantitative estimate of drug-likeness (QED) is 0.868. The maximum atomic E-state index is 12.0. The predicted molar refractivity (Wildman–Crippen MR) is 67.0 cm³/mol. The summed E-state index contributed by atoms with van der Waals surface area (Å²) in [6.45, 7) is 1.38. The highest BCUT2D eigenvalue weighted by Gasteiger charge is 2.22. The van der Waals surface area contributed by atoms with Gasteiger partial charge in [-0.25, -0.2) is 18.2 Å². The average molecular weight is 290 g/mol. The Morgan fingerprint density at radius 3 is 2.50 bits per heavy atom. The van der Waals surface area contributed by atoms with Crippen molar-refractivity contribution in [1.29, 1.82) is 0 Å². The molecule has 1 aliphatic rings. The molecule has 100 valence electrons. The van der Waals surface area contributed by atoms with E-state index >= 15 is 0 Å². The SMILES string of the molecule is O=C(O)c1ccc(S(=O)(=O)NN2CCCCC2)s1. The van der Waals surface area contributed by atoms with E-state index in [0.717, 1.165) is 30.6 Å². The van der Waals surface area contributed by atoms with Gasteiger partial charge in [-0.05, 0) is 25.0 Å². The number of piperidine rings is 1. The molecule has 0 aliphatic carbocycles. The molecule has 0 spiro atoms. The number of carbonyl (C=O) groups is 1. The van der Waals surface area contributed by atoms with Crippen molar-refractivity contribution < 1.29 is 18.3 Å². The van der Waals surface area contributed by atoms with E-state index in [1.807, 2.05) is 0 Å². The van der Waals surface area contributed by atoms with Crippen LogP contribution in [0, 0.1) is 0 Å². The largest absolute Gasteiger partial charge is 0.477 e. The van der Waals surface area contributed by atoms with Crippen molar-refractivity contribution in [3.05, 3.63) is 17.0 Å². The van der Waals surface area contributed by atoms with Gasteiger partial charge in [0, 0.05) is 13.1 Å². The van der Waals surface area contributed by atoms with Gasteiger partial charge in [0.15, 0.2) is 0 Å². The summed E-state index contributed by atoms with van der Waals surface area (Å²) < 4.78 is 24.0. The average Bonchev–Trinajstić information content (AvgIpc) is 2.79. The Bertz CT molecular complexity index is 532. The van der Waals surface area contributed by atoms with E-state index in [1.165, 1.54) is 12.1 Å². The van der Waals surface area contributed by atoms with Crippen molar-refractivity contribution >= 4 is 27.3 Å². The molecule has 8 heteroatoms. The van der Waals surface area contributed by atoms with Crippen LogP contribution in [0.3, 0.4) is 0 Å². The molecule has 2 heterocycles. The Morgan fingerprint density at radius 2 is 1.94 bits per heavy atom. The normalized spacial score (nSPS) is 17.8. The summed E-state index contributed by atoms with van der Waals surface area (Å²) >= 11 is 0.760. The molecular formula is C10H14N2O4S2. The number of aromatic carboxylic acids is 1. The Morgan fingerprint density at radius 1 is 1.28 bits per heavy atom. The highest BCUT2D eigenvalue weighted by molar-refractivity contribution is 7.91. The Kier molecular flexibility index (Phi) is 4.00. The first kappa shape index (κ1) is 13.5. The summed E-state index contributed by atoms with van der Waals surface area (Å²) in [7, 11) is -3.64. The molecular weight excluding hydrogens is 276 g/mol. The van der Waals surface area contributed by atoms with Crippen LogP contribution in [0.1, 0.15) is 28.9 Å². The zero-order chi connectivity index (χ0) is 13.2. The van der Waals surface area contributed by atoms with Gasteiger partial charge in [-0.2, -0.15) is 0 Å². The second-order valence-electron chi connectivity index (χ2n) is 4.07. The lowest BCUT2D eigenvalue weighted by Gasteiger charge is -2.26. The van der Waals surface area contributed by atoms with E-state index in [2.05, 4.69) is 4.83 Å². The third kappa shape index (κ3) is 3.08. The molecule has 1 aromatic rings. The van der Waals surface area contributed by atoms with Crippen LogP contribution in [0.2, 0.25) is 0 Å². The standard InChI is InChI=1S/C10H14N2O4S2/c13-10(14)8-4-5-9(17-8)18(15,16)11-12-6-2-1-3-7-12/h4-5,11H,1-3,6-7H2,(H,13,14). The Balaban J connectivity index is 2.11. The van der Waals surface area contributed by atoms with E-state index < -0.39 is 16.0 Å². The predicted octanol–water partition coefficient (Wildman–Crippen LogP) is 1.13. The number of sulfonamides is 1. The first-order chi connectivity index (χ1) is 8.49. The number of hydrazine groups is 1. The fourth-order valence-electron chi connectivity index (χ4n) is 1.78. The van der Waals surface area contributed by atoms with E-state index in [0.29, 0.717) is 13.1 Å². The molecule has 0 amide bonds. The second kappa shape index (κ2) is 5.35. The first-order valence-electron chi connectivity index (χ1n) is 5.59. The highest BCUT2D eigenvalue weighted by atomic mass is 32.2. The van der Waals surface area contributed by atoms with Crippen LogP contribution in [0.5, 0.6) is 0 Å². The minimum absolute atomic E-state index is 0.0222. The van der Waals surface area contributed by atoms with Crippen LogP contribution in [-0.2, 0) is 10.0 Å². The molecule has 1 aliphatic heterocycles. The molecule has 0 atom stereocenters. The van der Waals surface area contributed by atoms with Crippen LogP contribution in [0.25, 0.3) is 0 Å². The van der Waals surface area contributed by atoms with E-state index in [9.17, 15) is 13.2 Å². The minimum atomic E-state index is -3.64. The van der Waals surface area contributed by atoms with Gasteiger partial charge in [-0.1, -0.05) is 6.42 Å². The fourth-order valence-corrected chi connectivity index (χ4v) is 4.04. The summed E-state index contributed by atoms with van der Waals surface area (Å²) in [6.07, 6.45) is 3.04. The molecule has 1 saturated heterocycles. The van der Waals surface area contributed by atoms with Gasteiger partial charge in [0.25, 0.3) is 10.0 Å². The Hall–Kier alpha value is -0.960. The Labute approximate surface area is 109 Å².